The molecule has 1 aromatic carbocycles. The summed E-state index contributed by atoms with van der Waals surface area (Å²) in [6, 6.07) is 8.03. The van der Waals surface area contributed by atoms with E-state index in [1.54, 1.807) is 0 Å². The Hall–Kier alpha value is -1.84. The summed E-state index contributed by atoms with van der Waals surface area (Å²) in [5.41, 5.74) is 2.24. The molecule has 106 valence electrons. The van der Waals surface area contributed by atoms with Crippen molar-refractivity contribution in [2.45, 2.75) is 32.1 Å². The third-order valence-corrected chi connectivity index (χ3v) is 4.51. The molecule has 1 aliphatic heterocycles. The van der Waals surface area contributed by atoms with E-state index in [-0.39, 0.29) is 17.7 Å². The number of hydrogen-bond acceptors (Lipinski definition) is 2. The minimum absolute atomic E-state index is 0.112. The van der Waals surface area contributed by atoms with Crippen LogP contribution in [0.4, 0.5) is 5.69 Å². The van der Waals surface area contributed by atoms with Crippen molar-refractivity contribution >= 4 is 17.6 Å². The van der Waals surface area contributed by atoms with Gasteiger partial charge in [0.2, 0.25) is 5.91 Å². The molecular formula is C16H19NO3. The highest BCUT2D eigenvalue weighted by Crippen LogP contribution is 2.35. The molecule has 1 fully saturated rings. The number of aliphatic carboxylic acids is 1. The zero-order valence-corrected chi connectivity index (χ0v) is 11.4. The number of aryl methyl sites for hydroxylation is 1. The van der Waals surface area contributed by atoms with E-state index in [1.807, 2.05) is 23.1 Å². The number of carboxylic acid groups (broad SMARTS) is 1. The Morgan fingerprint density at radius 1 is 1.15 bits per heavy atom. The third kappa shape index (κ3) is 2.30. The number of rotatable bonds is 2. The Bertz CT molecular complexity index is 540. The second-order valence-electron chi connectivity index (χ2n) is 5.77. The van der Waals surface area contributed by atoms with E-state index in [2.05, 4.69) is 6.07 Å². The Morgan fingerprint density at radius 2 is 1.90 bits per heavy atom. The lowest BCUT2D eigenvalue weighted by atomic mass is 9.98. The minimum atomic E-state index is -0.764. The predicted octanol–water partition coefficient (Wildman–Crippen LogP) is 2.47. The van der Waals surface area contributed by atoms with Crippen molar-refractivity contribution in [3.05, 3.63) is 29.8 Å². The summed E-state index contributed by atoms with van der Waals surface area (Å²) >= 11 is 0. The van der Waals surface area contributed by atoms with E-state index < -0.39 is 5.97 Å². The molecule has 1 saturated carbocycles. The van der Waals surface area contributed by atoms with Gasteiger partial charge >= 0.3 is 5.97 Å². The molecule has 4 nitrogen and oxygen atoms in total. The summed E-state index contributed by atoms with van der Waals surface area (Å²) < 4.78 is 0. The van der Waals surface area contributed by atoms with Crippen LogP contribution in [0.15, 0.2) is 24.3 Å². The van der Waals surface area contributed by atoms with Gasteiger partial charge in [0.15, 0.2) is 0 Å². The number of carboxylic acids is 1. The number of amides is 1. The molecule has 1 aromatic rings. The summed E-state index contributed by atoms with van der Waals surface area (Å²) in [4.78, 5) is 25.6. The third-order valence-electron chi connectivity index (χ3n) is 4.51. The summed E-state index contributed by atoms with van der Waals surface area (Å²) in [6.45, 7) is 0.754. The number of para-hydroxylation sites is 1. The van der Waals surface area contributed by atoms with Gasteiger partial charge in [-0.2, -0.15) is 0 Å². The Morgan fingerprint density at radius 3 is 2.65 bits per heavy atom. The maximum Gasteiger partial charge on any atom is 0.306 e. The van der Waals surface area contributed by atoms with Crippen molar-refractivity contribution < 1.29 is 14.7 Å². The van der Waals surface area contributed by atoms with Gasteiger partial charge in [0, 0.05) is 18.2 Å². The largest absolute Gasteiger partial charge is 0.481 e. The molecule has 2 atom stereocenters. The first-order valence-electron chi connectivity index (χ1n) is 7.29. The van der Waals surface area contributed by atoms with Crippen LogP contribution >= 0.6 is 0 Å². The van der Waals surface area contributed by atoms with Crippen LogP contribution in [0.5, 0.6) is 0 Å². The molecule has 1 heterocycles. The van der Waals surface area contributed by atoms with E-state index in [0.29, 0.717) is 19.3 Å². The second kappa shape index (κ2) is 5.27. The van der Waals surface area contributed by atoms with E-state index in [9.17, 15) is 9.59 Å². The molecule has 2 aliphatic rings. The molecule has 4 heteroatoms. The summed E-state index contributed by atoms with van der Waals surface area (Å²) in [6.07, 6.45) is 3.82. The molecule has 0 saturated heterocycles. The van der Waals surface area contributed by atoms with E-state index in [1.165, 1.54) is 5.56 Å². The van der Waals surface area contributed by atoms with Crippen molar-refractivity contribution in [3.63, 3.8) is 0 Å². The normalized spacial score (nSPS) is 25.3. The topological polar surface area (TPSA) is 57.6 Å². The first kappa shape index (κ1) is 13.2. The summed E-state index contributed by atoms with van der Waals surface area (Å²) in [7, 11) is 0. The van der Waals surface area contributed by atoms with Crippen LogP contribution in [-0.2, 0) is 16.0 Å². The maximum atomic E-state index is 12.7. The number of benzene rings is 1. The Labute approximate surface area is 118 Å². The summed E-state index contributed by atoms with van der Waals surface area (Å²) in [5, 5.41) is 9.06. The molecule has 1 amide bonds. The highest BCUT2D eigenvalue weighted by molar-refractivity contribution is 5.96. The minimum Gasteiger partial charge on any atom is -0.481 e. The first-order chi connectivity index (χ1) is 9.66. The molecule has 3 rings (SSSR count). The lowest BCUT2D eigenvalue weighted by Crippen LogP contribution is -2.39. The number of carbonyl (C=O) groups is 2. The molecule has 0 radical (unpaired) electrons. The monoisotopic (exact) mass is 273 g/mol. The first-order valence-corrected chi connectivity index (χ1v) is 7.29. The van der Waals surface area contributed by atoms with Gasteiger partial charge in [0.25, 0.3) is 0 Å². The van der Waals surface area contributed by atoms with E-state index in [0.717, 1.165) is 25.1 Å². The van der Waals surface area contributed by atoms with Crippen LogP contribution in [0.2, 0.25) is 0 Å². The van der Waals surface area contributed by atoms with Gasteiger partial charge in [0.05, 0.1) is 5.92 Å². The quantitative estimate of drug-likeness (QED) is 0.900. The molecule has 20 heavy (non-hydrogen) atoms. The van der Waals surface area contributed by atoms with Crippen LogP contribution in [0.1, 0.15) is 31.2 Å². The second-order valence-corrected chi connectivity index (χ2v) is 5.77. The summed E-state index contributed by atoms with van der Waals surface area (Å²) in [5.74, 6) is -1.12. The molecule has 0 aromatic heterocycles. The number of carbonyl (C=O) groups excluding carboxylic acids is 1. The highest BCUT2D eigenvalue weighted by Gasteiger charge is 2.37. The standard InChI is InChI=1S/C16H19NO3/c18-15(12-7-8-13(10-12)16(19)20)17-9-3-5-11-4-1-2-6-14(11)17/h1-2,4,6,12-13H,3,5,7-10H2,(H,19,20)/t12-,13+/m0/s1. The van der Waals surface area contributed by atoms with E-state index in [4.69, 9.17) is 5.11 Å². The average molecular weight is 273 g/mol. The lowest BCUT2D eigenvalue weighted by molar-refractivity contribution is -0.141. The van der Waals surface area contributed by atoms with Crippen molar-refractivity contribution in [1.29, 1.82) is 0 Å². The van der Waals surface area contributed by atoms with Gasteiger partial charge in [-0.1, -0.05) is 18.2 Å². The van der Waals surface area contributed by atoms with Crippen molar-refractivity contribution in [1.82, 2.24) is 0 Å². The van der Waals surface area contributed by atoms with Crippen LogP contribution in [0.3, 0.4) is 0 Å². The van der Waals surface area contributed by atoms with Crippen LogP contribution in [0, 0.1) is 11.8 Å². The average Bonchev–Trinajstić information content (AvgIpc) is 2.96. The molecule has 1 aliphatic carbocycles. The number of anilines is 1. The van der Waals surface area contributed by atoms with Crippen molar-refractivity contribution in [3.8, 4) is 0 Å². The molecule has 1 N–H and O–H groups in total. The highest BCUT2D eigenvalue weighted by atomic mass is 16.4. The van der Waals surface area contributed by atoms with Gasteiger partial charge in [-0.3, -0.25) is 9.59 Å². The van der Waals surface area contributed by atoms with Crippen LogP contribution in [-0.4, -0.2) is 23.5 Å². The van der Waals surface area contributed by atoms with Gasteiger partial charge in [-0.15, -0.1) is 0 Å². The predicted molar refractivity (Wildman–Crippen MR) is 75.6 cm³/mol. The molecule has 0 bridgehead atoms. The molecular weight excluding hydrogens is 254 g/mol. The maximum absolute atomic E-state index is 12.7. The fourth-order valence-electron chi connectivity index (χ4n) is 3.41. The van der Waals surface area contributed by atoms with Crippen molar-refractivity contribution in [2.75, 3.05) is 11.4 Å². The molecule has 0 unspecified atom stereocenters. The van der Waals surface area contributed by atoms with Crippen LogP contribution < -0.4 is 4.90 Å². The zero-order valence-electron chi connectivity index (χ0n) is 11.4. The Balaban J connectivity index is 1.78. The number of nitrogens with zero attached hydrogens (tertiary/aromatic N) is 1. The van der Waals surface area contributed by atoms with Gasteiger partial charge in [0.1, 0.15) is 0 Å². The molecule has 0 spiro atoms. The fourth-order valence-corrected chi connectivity index (χ4v) is 3.41. The SMILES string of the molecule is O=C(O)[C@@H]1CC[C@H](C(=O)N2CCCc3ccccc32)C1. The zero-order chi connectivity index (χ0) is 14.1. The van der Waals surface area contributed by atoms with Crippen molar-refractivity contribution in [2.24, 2.45) is 11.8 Å². The fraction of sp³-hybridized carbons (Fsp3) is 0.500. The smallest absolute Gasteiger partial charge is 0.306 e. The van der Waals surface area contributed by atoms with Gasteiger partial charge in [-0.05, 0) is 43.7 Å². The van der Waals surface area contributed by atoms with Gasteiger partial charge < -0.3 is 10.0 Å². The number of hydrogen-bond donors (Lipinski definition) is 1. The van der Waals surface area contributed by atoms with E-state index >= 15 is 0 Å². The van der Waals surface area contributed by atoms with Crippen LogP contribution in [0.25, 0.3) is 0 Å². The lowest BCUT2D eigenvalue weighted by Gasteiger charge is -2.31. The Kier molecular flexibility index (Phi) is 3.47. The number of fused-ring (bicyclic) bond motifs is 1. The van der Waals surface area contributed by atoms with Gasteiger partial charge in [-0.25, -0.2) is 0 Å².